The van der Waals surface area contributed by atoms with Crippen molar-refractivity contribution in [3.8, 4) is 5.69 Å². The molecule has 2 aromatic rings. The van der Waals surface area contributed by atoms with Gasteiger partial charge in [0.15, 0.2) is 0 Å². The number of hydrogen-bond acceptors (Lipinski definition) is 3. The summed E-state index contributed by atoms with van der Waals surface area (Å²) >= 11 is 0. The zero-order valence-corrected chi connectivity index (χ0v) is 18.7. The summed E-state index contributed by atoms with van der Waals surface area (Å²) in [5.74, 6) is 1.01. The first-order chi connectivity index (χ1) is 14.6. The smallest absolute Gasteiger partial charge is 0.225 e. The molecule has 162 valence electrons. The van der Waals surface area contributed by atoms with Gasteiger partial charge in [-0.1, -0.05) is 31.5 Å². The van der Waals surface area contributed by atoms with Crippen LogP contribution in [-0.4, -0.2) is 39.2 Å². The lowest BCUT2D eigenvalue weighted by atomic mass is 9.84. The normalized spacial score (nSPS) is 21.7. The van der Waals surface area contributed by atoms with E-state index in [1.807, 2.05) is 48.9 Å². The zero-order valence-electron chi connectivity index (χ0n) is 18.7. The Bertz CT molecular complexity index is 848. The Morgan fingerprint density at radius 2 is 1.70 bits per heavy atom. The quantitative estimate of drug-likeness (QED) is 0.649. The first-order valence-electron chi connectivity index (χ1n) is 11.7. The van der Waals surface area contributed by atoms with Crippen LogP contribution in [0.25, 0.3) is 5.69 Å². The second-order valence-corrected chi connectivity index (χ2v) is 9.14. The number of benzene rings is 1. The van der Waals surface area contributed by atoms with Crippen molar-refractivity contribution in [3.05, 3.63) is 41.7 Å². The van der Waals surface area contributed by atoms with Gasteiger partial charge in [-0.3, -0.25) is 9.69 Å². The molecule has 2 saturated carbocycles. The molecule has 1 N–H and O–H groups in total. The predicted octanol–water partition coefficient (Wildman–Crippen LogP) is 5.25. The average molecular weight is 409 g/mol. The summed E-state index contributed by atoms with van der Waals surface area (Å²) < 4.78 is 1.91. The second kappa shape index (κ2) is 9.34. The van der Waals surface area contributed by atoms with E-state index >= 15 is 0 Å². The molecule has 0 unspecified atom stereocenters. The Balaban J connectivity index is 1.36. The zero-order chi connectivity index (χ0) is 21.1. The molecule has 1 amide bonds. The Morgan fingerprint density at radius 1 is 1.07 bits per heavy atom. The largest absolute Gasteiger partial charge is 0.323 e. The molecule has 1 aromatic heterocycles. The molecule has 4 rings (SSSR count). The number of carbonyl (C=O) groups is 1. The van der Waals surface area contributed by atoms with Gasteiger partial charge in [-0.2, -0.15) is 5.10 Å². The molecular weight excluding hydrogens is 372 g/mol. The molecule has 2 aliphatic carbocycles. The Hall–Kier alpha value is -2.14. The molecule has 30 heavy (non-hydrogen) atoms. The number of nitrogens with zero attached hydrogens (tertiary/aromatic N) is 3. The van der Waals surface area contributed by atoms with Gasteiger partial charge < -0.3 is 5.32 Å². The van der Waals surface area contributed by atoms with Gasteiger partial charge in [0.25, 0.3) is 0 Å². The molecule has 5 nitrogen and oxygen atoms in total. The van der Waals surface area contributed by atoms with E-state index in [0.29, 0.717) is 18.5 Å². The van der Waals surface area contributed by atoms with Crippen LogP contribution in [0.2, 0.25) is 0 Å². The van der Waals surface area contributed by atoms with Crippen LogP contribution in [0.15, 0.2) is 30.3 Å². The van der Waals surface area contributed by atoms with Crippen LogP contribution in [0, 0.1) is 19.8 Å². The molecule has 0 bridgehead atoms. The lowest BCUT2D eigenvalue weighted by Crippen LogP contribution is -2.41. The number of carbonyl (C=O) groups excluding carboxylic acids is 1. The molecule has 1 aromatic carbocycles. The van der Waals surface area contributed by atoms with Crippen molar-refractivity contribution in [1.29, 1.82) is 0 Å². The molecule has 2 fully saturated rings. The first kappa shape index (κ1) is 21.1. The number of rotatable bonds is 8. The van der Waals surface area contributed by atoms with Crippen LogP contribution in [0.1, 0.15) is 69.7 Å². The summed E-state index contributed by atoms with van der Waals surface area (Å²) in [5, 5.41) is 7.80. The van der Waals surface area contributed by atoms with Crippen LogP contribution in [-0.2, 0) is 4.79 Å². The number of aryl methyl sites for hydroxylation is 1. The van der Waals surface area contributed by atoms with E-state index < -0.39 is 0 Å². The van der Waals surface area contributed by atoms with Gasteiger partial charge in [-0.25, -0.2) is 4.68 Å². The van der Waals surface area contributed by atoms with Gasteiger partial charge in [0.1, 0.15) is 0 Å². The standard InChI is InChI=1S/C25H36N4O/c1-4-20-10-12-21(13-11-20)28(22-14-15-22)17-16-24(30)26-25-18(2)27-29(19(25)3)23-8-6-5-7-9-23/h5-9,20-22H,4,10-17H2,1-3H3,(H,26,30). The van der Waals surface area contributed by atoms with E-state index in [2.05, 4.69) is 22.2 Å². The van der Waals surface area contributed by atoms with Gasteiger partial charge in [-0.15, -0.1) is 0 Å². The molecule has 0 spiro atoms. The third-order valence-corrected chi connectivity index (χ3v) is 7.03. The number of aromatic nitrogens is 2. The fourth-order valence-electron chi connectivity index (χ4n) is 5.03. The van der Waals surface area contributed by atoms with E-state index in [1.54, 1.807) is 0 Å². The Kier molecular flexibility index (Phi) is 6.57. The van der Waals surface area contributed by atoms with Crippen molar-refractivity contribution < 1.29 is 4.79 Å². The fraction of sp³-hybridized carbons (Fsp3) is 0.600. The van der Waals surface area contributed by atoms with Crippen LogP contribution >= 0.6 is 0 Å². The molecule has 1 heterocycles. The minimum Gasteiger partial charge on any atom is -0.323 e. The van der Waals surface area contributed by atoms with Crippen LogP contribution in [0.3, 0.4) is 0 Å². The van der Waals surface area contributed by atoms with Crippen LogP contribution in [0.5, 0.6) is 0 Å². The molecule has 0 radical (unpaired) electrons. The molecular formula is C25H36N4O. The van der Waals surface area contributed by atoms with Crippen molar-refractivity contribution >= 4 is 11.6 Å². The molecule has 2 aliphatic rings. The number of anilines is 1. The summed E-state index contributed by atoms with van der Waals surface area (Å²) in [7, 11) is 0. The van der Waals surface area contributed by atoms with E-state index in [0.717, 1.165) is 35.2 Å². The Labute approximate surface area is 180 Å². The highest BCUT2D eigenvalue weighted by Crippen LogP contribution is 2.36. The lowest BCUT2D eigenvalue weighted by molar-refractivity contribution is -0.116. The number of para-hydroxylation sites is 1. The maximum absolute atomic E-state index is 12.8. The van der Waals surface area contributed by atoms with Gasteiger partial charge in [0, 0.05) is 25.0 Å². The Morgan fingerprint density at radius 3 is 2.30 bits per heavy atom. The number of nitrogens with one attached hydrogen (secondary N) is 1. The summed E-state index contributed by atoms with van der Waals surface area (Å²) in [5.41, 5.74) is 3.71. The van der Waals surface area contributed by atoms with Crippen LogP contribution < -0.4 is 5.32 Å². The highest BCUT2D eigenvalue weighted by atomic mass is 16.1. The SMILES string of the molecule is CCC1CCC(N(CCC(=O)Nc2c(C)nn(-c3ccccc3)c2C)C2CC2)CC1. The first-order valence-corrected chi connectivity index (χ1v) is 11.7. The van der Waals surface area contributed by atoms with Crippen molar-refractivity contribution in [3.63, 3.8) is 0 Å². The third kappa shape index (κ3) is 4.77. The summed E-state index contributed by atoms with van der Waals surface area (Å²) in [6.07, 6.45) is 9.79. The van der Waals surface area contributed by atoms with Crippen molar-refractivity contribution in [2.45, 2.75) is 84.2 Å². The topological polar surface area (TPSA) is 50.2 Å². The van der Waals surface area contributed by atoms with Gasteiger partial charge in [-0.05, 0) is 70.4 Å². The minimum atomic E-state index is 0.0988. The predicted molar refractivity (Wildman–Crippen MR) is 122 cm³/mol. The lowest BCUT2D eigenvalue weighted by Gasteiger charge is -2.37. The van der Waals surface area contributed by atoms with E-state index in [1.165, 1.54) is 44.9 Å². The second-order valence-electron chi connectivity index (χ2n) is 9.14. The molecule has 0 aliphatic heterocycles. The summed E-state index contributed by atoms with van der Waals surface area (Å²) in [4.78, 5) is 15.5. The van der Waals surface area contributed by atoms with Gasteiger partial charge >= 0.3 is 0 Å². The maximum atomic E-state index is 12.8. The van der Waals surface area contributed by atoms with E-state index in [9.17, 15) is 4.79 Å². The molecule has 0 atom stereocenters. The highest BCUT2D eigenvalue weighted by Gasteiger charge is 2.35. The van der Waals surface area contributed by atoms with Gasteiger partial charge in [0.2, 0.25) is 5.91 Å². The summed E-state index contributed by atoms with van der Waals surface area (Å²) in [6.45, 7) is 7.18. The van der Waals surface area contributed by atoms with E-state index in [4.69, 9.17) is 0 Å². The van der Waals surface area contributed by atoms with Crippen molar-refractivity contribution in [1.82, 2.24) is 14.7 Å². The monoisotopic (exact) mass is 408 g/mol. The molecule has 0 saturated heterocycles. The maximum Gasteiger partial charge on any atom is 0.225 e. The summed E-state index contributed by atoms with van der Waals surface area (Å²) in [6, 6.07) is 11.5. The van der Waals surface area contributed by atoms with Crippen LogP contribution in [0.4, 0.5) is 5.69 Å². The third-order valence-electron chi connectivity index (χ3n) is 7.03. The van der Waals surface area contributed by atoms with Crippen molar-refractivity contribution in [2.24, 2.45) is 5.92 Å². The number of hydrogen-bond donors (Lipinski definition) is 1. The van der Waals surface area contributed by atoms with Gasteiger partial charge in [0.05, 0.1) is 22.8 Å². The molecule has 5 heteroatoms. The number of amides is 1. The minimum absolute atomic E-state index is 0.0988. The highest BCUT2D eigenvalue weighted by molar-refractivity contribution is 5.92. The van der Waals surface area contributed by atoms with E-state index in [-0.39, 0.29) is 5.91 Å². The average Bonchev–Trinajstić information content (AvgIpc) is 3.57. The van der Waals surface area contributed by atoms with Crippen molar-refractivity contribution in [2.75, 3.05) is 11.9 Å². The fourth-order valence-corrected chi connectivity index (χ4v) is 5.03.